The fourth-order valence-corrected chi connectivity index (χ4v) is 2.77. The van der Waals surface area contributed by atoms with E-state index in [1.54, 1.807) is 0 Å². The molecule has 0 aliphatic rings. The summed E-state index contributed by atoms with van der Waals surface area (Å²) in [6.45, 7) is 9.91. The first kappa shape index (κ1) is 21.6. The molecule has 25 heavy (non-hydrogen) atoms. The second-order valence-corrected chi connectivity index (χ2v) is 7.00. The first-order valence-corrected chi connectivity index (χ1v) is 10.2. The molecule has 1 aromatic rings. The van der Waals surface area contributed by atoms with Gasteiger partial charge in [0.2, 0.25) is 0 Å². The third-order valence-electron chi connectivity index (χ3n) is 4.71. The zero-order chi connectivity index (χ0) is 18.2. The van der Waals surface area contributed by atoms with E-state index in [0.717, 1.165) is 49.9 Å². The number of allylic oxidation sites excluding steroid dienone is 1. The Morgan fingerprint density at radius 3 is 2.00 bits per heavy atom. The van der Waals surface area contributed by atoms with Gasteiger partial charge >= 0.3 is 0 Å². The summed E-state index contributed by atoms with van der Waals surface area (Å²) in [5.74, 6) is 2.62. The Morgan fingerprint density at radius 1 is 0.880 bits per heavy atom. The summed E-state index contributed by atoms with van der Waals surface area (Å²) < 4.78 is 11.9. The van der Waals surface area contributed by atoms with Crippen LogP contribution < -0.4 is 9.47 Å². The van der Waals surface area contributed by atoms with E-state index >= 15 is 0 Å². The zero-order valence-corrected chi connectivity index (χ0v) is 16.5. The average Bonchev–Trinajstić information content (AvgIpc) is 2.64. The van der Waals surface area contributed by atoms with Crippen molar-refractivity contribution in [3.8, 4) is 11.5 Å². The molecule has 0 fully saturated rings. The third kappa shape index (κ3) is 10.9. The van der Waals surface area contributed by atoms with E-state index < -0.39 is 0 Å². The molecule has 2 nitrogen and oxygen atoms in total. The number of unbranched alkanes of at least 4 members (excludes halogenated alkanes) is 6. The molecule has 0 saturated heterocycles. The van der Waals surface area contributed by atoms with Gasteiger partial charge in [-0.3, -0.25) is 0 Å². The van der Waals surface area contributed by atoms with Crippen molar-refractivity contribution in [2.24, 2.45) is 5.92 Å². The molecule has 1 rings (SSSR count). The largest absolute Gasteiger partial charge is 0.490 e. The van der Waals surface area contributed by atoms with Gasteiger partial charge in [-0.15, -0.1) is 6.58 Å². The van der Waals surface area contributed by atoms with Gasteiger partial charge in [-0.05, 0) is 43.7 Å². The predicted molar refractivity (Wildman–Crippen MR) is 109 cm³/mol. The topological polar surface area (TPSA) is 18.5 Å². The van der Waals surface area contributed by atoms with Gasteiger partial charge in [0.05, 0.1) is 13.2 Å². The summed E-state index contributed by atoms with van der Waals surface area (Å²) in [4.78, 5) is 0. The van der Waals surface area contributed by atoms with Crippen LogP contribution in [0, 0.1) is 5.92 Å². The van der Waals surface area contributed by atoms with Crippen molar-refractivity contribution < 1.29 is 9.47 Å². The molecule has 1 unspecified atom stereocenters. The molecule has 0 aromatic heterocycles. The van der Waals surface area contributed by atoms with Crippen molar-refractivity contribution in [1.82, 2.24) is 0 Å². The van der Waals surface area contributed by atoms with Gasteiger partial charge in [-0.2, -0.15) is 0 Å². The fraction of sp³-hybridized carbons (Fsp3) is 0.652. The molecule has 0 aliphatic carbocycles. The molecule has 0 radical (unpaired) electrons. The molecular formula is C23H38O2. The average molecular weight is 347 g/mol. The SMILES string of the molecule is C=CCCCCCCOc1ccccc1OCCCCCC(C)CC. The number of benzene rings is 1. The Bertz CT molecular complexity index is 441. The van der Waals surface area contributed by atoms with Gasteiger partial charge in [-0.1, -0.05) is 70.6 Å². The maximum absolute atomic E-state index is 5.94. The summed E-state index contributed by atoms with van der Waals surface area (Å²) in [5, 5.41) is 0. The molecule has 1 aromatic carbocycles. The van der Waals surface area contributed by atoms with Crippen molar-refractivity contribution in [2.45, 2.75) is 78.1 Å². The molecule has 0 aliphatic heterocycles. The molecule has 2 heteroatoms. The molecule has 0 heterocycles. The Hall–Kier alpha value is -1.44. The summed E-state index contributed by atoms with van der Waals surface area (Å²) >= 11 is 0. The molecule has 142 valence electrons. The quantitative estimate of drug-likeness (QED) is 0.233. The van der Waals surface area contributed by atoms with Crippen LogP contribution in [-0.4, -0.2) is 13.2 Å². The van der Waals surface area contributed by atoms with Crippen LogP contribution in [0.2, 0.25) is 0 Å². The highest BCUT2D eigenvalue weighted by Crippen LogP contribution is 2.27. The zero-order valence-electron chi connectivity index (χ0n) is 16.5. The van der Waals surface area contributed by atoms with Crippen molar-refractivity contribution in [3.05, 3.63) is 36.9 Å². The molecule has 1 atom stereocenters. The Labute approximate surface area is 155 Å². The van der Waals surface area contributed by atoms with E-state index in [-0.39, 0.29) is 0 Å². The lowest BCUT2D eigenvalue weighted by molar-refractivity contribution is 0.258. The summed E-state index contributed by atoms with van der Waals surface area (Å²) in [7, 11) is 0. The lowest BCUT2D eigenvalue weighted by Crippen LogP contribution is -2.02. The Kier molecular flexibility index (Phi) is 12.8. The summed E-state index contributed by atoms with van der Waals surface area (Å²) in [5.41, 5.74) is 0. The van der Waals surface area contributed by atoms with Crippen LogP contribution >= 0.6 is 0 Å². The van der Waals surface area contributed by atoms with E-state index in [9.17, 15) is 0 Å². The minimum absolute atomic E-state index is 0.767. The van der Waals surface area contributed by atoms with E-state index in [4.69, 9.17) is 9.47 Å². The number of ether oxygens (including phenoxy) is 2. The first-order valence-electron chi connectivity index (χ1n) is 10.2. The van der Waals surface area contributed by atoms with Crippen LogP contribution in [0.3, 0.4) is 0 Å². The number of hydrogen-bond acceptors (Lipinski definition) is 2. The third-order valence-corrected chi connectivity index (χ3v) is 4.71. The van der Waals surface area contributed by atoms with E-state index in [2.05, 4.69) is 20.4 Å². The van der Waals surface area contributed by atoms with Crippen LogP contribution in [0.1, 0.15) is 78.1 Å². The van der Waals surface area contributed by atoms with Crippen LogP contribution in [0.25, 0.3) is 0 Å². The van der Waals surface area contributed by atoms with Gasteiger partial charge in [0, 0.05) is 0 Å². The van der Waals surface area contributed by atoms with Crippen molar-refractivity contribution in [2.75, 3.05) is 13.2 Å². The summed E-state index contributed by atoms with van der Waals surface area (Å²) in [6.07, 6.45) is 14.2. The highest BCUT2D eigenvalue weighted by molar-refractivity contribution is 5.39. The smallest absolute Gasteiger partial charge is 0.161 e. The first-order chi connectivity index (χ1) is 12.3. The van der Waals surface area contributed by atoms with Crippen molar-refractivity contribution in [1.29, 1.82) is 0 Å². The lowest BCUT2D eigenvalue weighted by Gasteiger charge is -2.13. The Balaban J connectivity index is 2.17. The lowest BCUT2D eigenvalue weighted by atomic mass is 10.0. The Morgan fingerprint density at radius 2 is 1.44 bits per heavy atom. The van der Waals surface area contributed by atoms with Gasteiger partial charge in [0.1, 0.15) is 0 Å². The highest BCUT2D eigenvalue weighted by Gasteiger charge is 2.04. The molecule has 0 saturated carbocycles. The van der Waals surface area contributed by atoms with Crippen LogP contribution in [0.4, 0.5) is 0 Å². The van der Waals surface area contributed by atoms with Crippen LogP contribution in [-0.2, 0) is 0 Å². The van der Waals surface area contributed by atoms with Crippen molar-refractivity contribution >= 4 is 0 Å². The second-order valence-electron chi connectivity index (χ2n) is 7.00. The van der Waals surface area contributed by atoms with Gasteiger partial charge in [-0.25, -0.2) is 0 Å². The molecular weight excluding hydrogens is 308 g/mol. The van der Waals surface area contributed by atoms with E-state index in [1.165, 1.54) is 44.9 Å². The fourth-order valence-electron chi connectivity index (χ4n) is 2.77. The highest BCUT2D eigenvalue weighted by atomic mass is 16.5. The molecule has 0 spiro atoms. The minimum atomic E-state index is 0.767. The van der Waals surface area contributed by atoms with Gasteiger partial charge in [0.15, 0.2) is 11.5 Å². The number of hydrogen-bond donors (Lipinski definition) is 0. The minimum Gasteiger partial charge on any atom is -0.490 e. The number of rotatable bonds is 16. The predicted octanol–water partition coefficient (Wildman–Crippen LogP) is 7.19. The second kappa shape index (κ2) is 14.9. The monoisotopic (exact) mass is 346 g/mol. The number of para-hydroxylation sites is 2. The van der Waals surface area contributed by atoms with E-state index in [0.29, 0.717) is 0 Å². The summed E-state index contributed by atoms with van der Waals surface area (Å²) in [6, 6.07) is 8.05. The maximum Gasteiger partial charge on any atom is 0.161 e. The van der Waals surface area contributed by atoms with Crippen LogP contribution in [0.5, 0.6) is 11.5 Å². The molecule has 0 amide bonds. The van der Waals surface area contributed by atoms with Gasteiger partial charge < -0.3 is 9.47 Å². The maximum atomic E-state index is 5.94. The van der Waals surface area contributed by atoms with Gasteiger partial charge in [0.25, 0.3) is 0 Å². The normalized spacial score (nSPS) is 11.9. The standard InChI is InChI=1S/C23H38O2/c1-4-6-7-8-9-14-19-24-22-17-12-13-18-23(22)25-20-15-10-11-16-21(3)5-2/h4,12-13,17-18,21H,1,5-11,14-16,19-20H2,2-3H3. The van der Waals surface area contributed by atoms with E-state index in [1.807, 2.05) is 30.3 Å². The molecule has 0 N–H and O–H groups in total. The molecule has 0 bridgehead atoms. The van der Waals surface area contributed by atoms with Crippen LogP contribution in [0.15, 0.2) is 36.9 Å². The van der Waals surface area contributed by atoms with Crippen molar-refractivity contribution in [3.63, 3.8) is 0 Å².